The normalized spacial score (nSPS) is 26.1. The van der Waals surface area contributed by atoms with Crippen LogP contribution in [0.15, 0.2) is 6.07 Å². The molecule has 1 aromatic heterocycles. The second kappa shape index (κ2) is 3.61. The lowest BCUT2D eigenvalue weighted by Crippen LogP contribution is -2.24. The molecule has 2 atom stereocenters. The monoisotopic (exact) mass is 195 g/mol. The first-order valence-electron chi connectivity index (χ1n) is 5.23. The van der Waals surface area contributed by atoms with Crippen LogP contribution in [0.4, 0.5) is 5.82 Å². The zero-order valence-electron chi connectivity index (χ0n) is 8.48. The minimum atomic E-state index is -0.381. The van der Waals surface area contributed by atoms with E-state index in [9.17, 15) is 5.11 Å². The van der Waals surface area contributed by atoms with Crippen molar-refractivity contribution in [1.29, 1.82) is 0 Å². The predicted octanol–water partition coefficient (Wildman–Crippen LogP) is 1.32. The van der Waals surface area contributed by atoms with Crippen LogP contribution in [0.3, 0.4) is 0 Å². The smallest absolute Gasteiger partial charge is 0.145 e. The maximum Gasteiger partial charge on any atom is 0.145 e. The number of fused-ring (bicyclic) bond motifs is 1. The highest BCUT2D eigenvalue weighted by atomic mass is 16.3. The van der Waals surface area contributed by atoms with Crippen molar-refractivity contribution < 1.29 is 5.11 Å². The number of aromatic nitrogens is 2. The summed E-state index contributed by atoms with van der Waals surface area (Å²) < 4.78 is 1.83. The summed E-state index contributed by atoms with van der Waals surface area (Å²) in [5.74, 6) is 0.889. The molecule has 0 saturated carbocycles. The summed E-state index contributed by atoms with van der Waals surface area (Å²) in [6.45, 7) is 3.03. The van der Waals surface area contributed by atoms with E-state index in [1.54, 1.807) is 6.07 Å². The lowest BCUT2D eigenvalue weighted by Gasteiger charge is -2.28. The third-order valence-electron chi connectivity index (χ3n) is 2.95. The number of hydrogen-bond acceptors (Lipinski definition) is 3. The van der Waals surface area contributed by atoms with Crippen LogP contribution in [0.25, 0.3) is 0 Å². The Morgan fingerprint density at radius 3 is 3.21 bits per heavy atom. The summed E-state index contributed by atoms with van der Waals surface area (Å²) in [6.07, 6.45) is 2.81. The molecule has 0 spiro atoms. The van der Waals surface area contributed by atoms with Crippen LogP contribution in [-0.2, 0) is 6.54 Å². The summed E-state index contributed by atoms with van der Waals surface area (Å²) in [7, 11) is 0. The number of rotatable bonds is 2. The van der Waals surface area contributed by atoms with Crippen LogP contribution in [0, 0.1) is 5.92 Å². The van der Waals surface area contributed by atoms with E-state index in [1.165, 1.54) is 0 Å². The van der Waals surface area contributed by atoms with E-state index in [-0.39, 0.29) is 6.10 Å². The van der Waals surface area contributed by atoms with Crippen molar-refractivity contribution in [2.75, 3.05) is 5.73 Å². The van der Waals surface area contributed by atoms with Crippen LogP contribution in [0.1, 0.15) is 38.0 Å². The Kier molecular flexibility index (Phi) is 2.46. The average Bonchev–Trinajstić information content (AvgIpc) is 2.52. The molecule has 2 rings (SSSR count). The SMILES string of the molecule is CCCC1CCn2nc(N)cc2C1O. The molecule has 1 aliphatic heterocycles. The van der Waals surface area contributed by atoms with Crippen molar-refractivity contribution in [2.24, 2.45) is 5.92 Å². The van der Waals surface area contributed by atoms with E-state index in [1.807, 2.05) is 4.68 Å². The molecule has 0 amide bonds. The molecule has 0 aromatic carbocycles. The number of aliphatic hydroxyl groups excluding tert-OH is 1. The highest BCUT2D eigenvalue weighted by Crippen LogP contribution is 2.33. The lowest BCUT2D eigenvalue weighted by molar-refractivity contribution is 0.0676. The molecule has 0 bridgehead atoms. The number of anilines is 1. The van der Waals surface area contributed by atoms with Crippen molar-refractivity contribution in [3.05, 3.63) is 11.8 Å². The first kappa shape index (κ1) is 9.52. The number of aryl methyl sites for hydroxylation is 1. The summed E-state index contributed by atoms with van der Waals surface area (Å²) in [6, 6.07) is 1.78. The molecule has 78 valence electrons. The van der Waals surface area contributed by atoms with E-state index < -0.39 is 0 Å². The molecule has 2 heterocycles. The van der Waals surface area contributed by atoms with Gasteiger partial charge in [0.05, 0.1) is 11.8 Å². The van der Waals surface area contributed by atoms with Gasteiger partial charge in [-0.15, -0.1) is 0 Å². The Morgan fingerprint density at radius 2 is 2.50 bits per heavy atom. The number of nitrogen functional groups attached to an aromatic ring is 1. The van der Waals surface area contributed by atoms with Gasteiger partial charge in [-0.3, -0.25) is 4.68 Å². The van der Waals surface area contributed by atoms with Gasteiger partial charge in [0.1, 0.15) is 5.82 Å². The van der Waals surface area contributed by atoms with Gasteiger partial charge in [-0.25, -0.2) is 0 Å². The molecule has 2 unspecified atom stereocenters. The van der Waals surface area contributed by atoms with Crippen LogP contribution in [0.2, 0.25) is 0 Å². The quantitative estimate of drug-likeness (QED) is 0.748. The van der Waals surface area contributed by atoms with Crippen LogP contribution >= 0.6 is 0 Å². The van der Waals surface area contributed by atoms with E-state index in [4.69, 9.17) is 5.73 Å². The minimum Gasteiger partial charge on any atom is -0.387 e. The summed E-state index contributed by atoms with van der Waals surface area (Å²) >= 11 is 0. The van der Waals surface area contributed by atoms with Crippen molar-refractivity contribution in [3.63, 3.8) is 0 Å². The van der Waals surface area contributed by atoms with Gasteiger partial charge < -0.3 is 10.8 Å². The van der Waals surface area contributed by atoms with Gasteiger partial charge in [0, 0.05) is 12.6 Å². The van der Waals surface area contributed by atoms with Gasteiger partial charge in [0.15, 0.2) is 0 Å². The van der Waals surface area contributed by atoms with Crippen molar-refractivity contribution in [2.45, 2.75) is 38.8 Å². The van der Waals surface area contributed by atoms with E-state index in [0.29, 0.717) is 11.7 Å². The summed E-state index contributed by atoms with van der Waals surface area (Å²) in [4.78, 5) is 0. The molecular weight excluding hydrogens is 178 g/mol. The largest absolute Gasteiger partial charge is 0.387 e. The third-order valence-corrected chi connectivity index (χ3v) is 2.95. The van der Waals surface area contributed by atoms with Crippen molar-refractivity contribution >= 4 is 5.82 Å². The molecule has 0 radical (unpaired) electrons. The van der Waals surface area contributed by atoms with Crippen molar-refractivity contribution in [3.8, 4) is 0 Å². The van der Waals surface area contributed by atoms with E-state index in [2.05, 4.69) is 12.0 Å². The highest BCUT2D eigenvalue weighted by Gasteiger charge is 2.28. The van der Waals surface area contributed by atoms with Gasteiger partial charge in [-0.05, 0) is 18.8 Å². The molecule has 1 aromatic rings. The summed E-state index contributed by atoms with van der Waals surface area (Å²) in [5, 5.41) is 14.2. The second-order valence-corrected chi connectivity index (χ2v) is 4.00. The Balaban J connectivity index is 2.22. The fourth-order valence-corrected chi connectivity index (χ4v) is 2.23. The lowest BCUT2D eigenvalue weighted by atomic mass is 9.89. The topological polar surface area (TPSA) is 64.1 Å². The standard InChI is InChI=1S/C10H17N3O/c1-2-3-7-4-5-13-8(10(7)14)6-9(11)12-13/h6-7,10,14H,2-5H2,1H3,(H2,11,12). The average molecular weight is 195 g/mol. The molecule has 0 fully saturated rings. The van der Waals surface area contributed by atoms with Gasteiger partial charge in [-0.2, -0.15) is 5.10 Å². The van der Waals surface area contributed by atoms with Crippen LogP contribution in [-0.4, -0.2) is 14.9 Å². The minimum absolute atomic E-state index is 0.378. The Labute approximate surface area is 83.7 Å². The fraction of sp³-hybridized carbons (Fsp3) is 0.700. The number of aliphatic hydroxyl groups is 1. The molecule has 4 nitrogen and oxygen atoms in total. The first-order chi connectivity index (χ1) is 6.72. The van der Waals surface area contributed by atoms with Crippen molar-refractivity contribution in [1.82, 2.24) is 9.78 Å². The second-order valence-electron chi connectivity index (χ2n) is 4.00. The molecule has 4 heteroatoms. The van der Waals surface area contributed by atoms with Gasteiger partial charge in [0.25, 0.3) is 0 Å². The van der Waals surface area contributed by atoms with Gasteiger partial charge >= 0.3 is 0 Å². The number of nitrogens with zero attached hydrogens (tertiary/aromatic N) is 2. The zero-order valence-corrected chi connectivity index (χ0v) is 8.48. The summed E-state index contributed by atoms with van der Waals surface area (Å²) in [5.41, 5.74) is 6.48. The third kappa shape index (κ3) is 1.50. The van der Waals surface area contributed by atoms with Gasteiger partial charge in [0.2, 0.25) is 0 Å². The van der Waals surface area contributed by atoms with E-state index >= 15 is 0 Å². The molecule has 3 N–H and O–H groups in total. The Bertz CT molecular complexity index is 321. The van der Waals surface area contributed by atoms with Crippen LogP contribution in [0.5, 0.6) is 0 Å². The molecule has 1 aliphatic rings. The maximum atomic E-state index is 10.0. The first-order valence-corrected chi connectivity index (χ1v) is 5.23. The number of hydrogen-bond donors (Lipinski definition) is 2. The molecule has 0 aliphatic carbocycles. The number of nitrogens with two attached hydrogens (primary N) is 1. The zero-order chi connectivity index (χ0) is 10.1. The highest BCUT2D eigenvalue weighted by molar-refractivity contribution is 5.31. The van der Waals surface area contributed by atoms with Gasteiger partial charge in [-0.1, -0.05) is 13.3 Å². The predicted molar refractivity (Wildman–Crippen MR) is 54.6 cm³/mol. The molecule has 0 saturated heterocycles. The Morgan fingerprint density at radius 1 is 1.71 bits per heavy atom. The Hall–Kier alpha value is -1.03. The maximum absolute atomic E-state index is 10.0. The molecule has 14 heavy (non-hydrogen) atoms. The molecular formula is C10H17N3O. The fourth-order valence-electron chi connectivity index (χ4n) is 2.23. The van der Waals surface area contributed by atoms with Crippen LogP contribution < -0.4 is 5.73 Å². The van der Waals surface area contributed by atoms with E-state index in [0.717, 1.165) is 31.5 Å².